The highest BCUT2D eigenvalue weighted by Crippen LogP contribution is 2.40. The van der Waals surface area contributed by atoms with E-state index in [9.17, 15) is 0 Å². The summed E-state index contributed by atoms with van der Waals surface area (Å²) in [6, 6.07) is 0. The average Bonchev–Trinajstić information content (AvgIpc) is 2.16. The lowest BCUT2D eigenvalue weighted by molar-refractivity contribution is 0.425. The quantitative estimate of drug-likeness (QED) is 0.375. The van der Waals surface area contributed by atoms with Crippen molar-refractivity contribution < 1.29 is 0 Å². The van der Waals surface area contributed by atoms with Crippen LogP contribution in [0.3, 0.4) is 0 Å². The molecule has 0 amide bonds. The Morgan fingerprint density at radius 2 is 2.50 bits per heavy atom. The molecule has 0 aromatic rings. The largest absolute Gasteiger partial charge is 0.148 e. The van der Waals surface area contributed by atoms with Gasteiger partial charge in [-0.2, -0.15) is 0 Å². The molecule has 0 nitrogen and oxygen atoms in total. The van der Waals surface area contributed by atoms with Gasteiger partial charge in [0.2, 0.25) is 0 Å². The molecule has 2 heteroatoms. The molecule has 2 atom stereocenters. The molecule has 2 aliphatic rings. The van der Waals surface area contributed by atoms with Crippen LogP contribution in [-0.4, -0.2) is 12.6 Å². The van der Waals surface area contributed by atoms with Crippen LogP contribution >= 0.6 is 11.6 Å². The molecular weight excluding hydrogens is 190 g/mol. The van der Waals surface area contributed by atoms with Gasteiger partial charge in [-0.15, -0.1) is 18.2 Å². The van der Waals surface area contributed by atoms with Gasteiger partial charge < -0.3 is 0 Å². The van der Waals surface area contributed by atoms with Gasteiger partial charge in [0.1, 0.15) is 6.71 Å². The molecule has 2 rings (SSSR count). The number of allylic oxidation sites excluding steroid dienone is 3. The van der Waals surface area contributed by atoms with E-state index in [0.29, 0.717) is 5.92 Å². The van der Waals surface area contributed by atoms with Gasteiger partial charge >= 0.3 is 0 Å². The number of fused-ring (bicyclic) bond motifs is 2. The van der Waals surface area contributed by atoms with Gasteiger partial charge in [-0.25, -0.2) is 0 Å². The summed E-state index contributed by atoms with van der Waals surface area (Å²) < 4.78 is 0. The Kier molecular flexibility index (Phi) is 3.38. The minimum atomic E-state index is 0.662. The maximum atomic E-state index is 5.93. The standard InChI is InChI=1S/C12H18BCl/c1-2-3-13-7-10-4-11(8-13)6-12(5-10)9-14/h2,5,11-12H,1,3-4,6-9H2. The van der Waals surface area contributed by atoms with E-state index in [4.69, 9.17) is 11.6 Å². The highest BCUT2D eigenvalue weighted by atomic mass is 35.5. The smallest absolute Gasteiger partial charge is 0.126 e. The highest BCUT2D eigenvalue weighted by Gasteiger charge is 2.31. The van der Waals surface area contributed by atoms with Crippen molar-refractivity contribution in [1.29, 1.82) is 0 Å². The van der Waals surface area contributed by atoms with Crippen molar-refractivity contribution in [2.75, 3.05) is 5.88 Å². The zero-order chi connectivity index (χ0) is 9.97. The third-order valence-corrected chi connectivity index (χ3v) is 3.97. The van der Waals surface area contributed by atoms with Crippen molar-refractivity contribution in [3.63, 3.8) is 0 Å². The fourth-order valence-electron chi connectivity index (χ4n) is 3.13. The van der Waals surface area contributed by atoms with Gasteiger partial charge in [-0.05, 0) is 24.7 Å². The van der Waals surface area contributed by atoms with E-state index in [2.05, 4.69) is 18.7 Å². The first-order chi connectivity index (χ1) is 6.81. The first kappa shape index (κ1) is 10.4. The summed E-state index contributed by atoms with van der Waals surface area (Å²) in [5.74, 6) is 2.39. The van der Waals surface area contributed by atoms with E-state index in [1.807, 2.05) is 0 Å². The Bertz CT molecular complexity index is 247. The lowest BCUT2D eigenvalue weighted by Crippen LogP contribution is -2.28. The molecule has 1 aliphatic carbocycles. The number of hydrogen-bond acceptors (Lipinski definition) is 0. The van der Waals surface area contributed by atoms with Crippen molar-refractivity contribution in [1.82, 2.24) is 0 Å². The summed E-state index contributed by atoms with van der Waals surface area (Å²) in [5, 5.41) is 0. The molecular formula is C12H18BCl. The van der Waals surface area contributed by atoms with Crippen LogP contribution in [0.25, 0.3) is 0 Å². The van der Waals surface area contributed by atoms with Crippen molar-refractivity contribution in [2.45, 2.75) is 31.8 Å². The molecule has 0 aromatic carbocycles. The number of hydrogen-bond donors (Lipinski definition) is 0. The van der Waals surface area contributed by atoms with Crippen LogP contribution in [0.5, 0.6) is 0 Å². The van der Waals surface area contributed by atoms with Crippen LogP contribution < -0.4 is 0 Å². The Morgan fingerprint density at radius 3 is 3.14 bits per heavy atom. The third kappa shape index (κ3) is 2.25. The second-order valence-corrected chi connectivity index (χ2v) is 5.18. The molecule has 2 unspecified atom stereocenters. The molecule has 1 aliphatic heterocycles. The second kappa shape index (κ2) is 4.57. The molecule has 1 heterocycles. The monoisotopic (exact) mass is 208 g/mol. The van der Waals surface area contributed by atoms with E-state index in [0.717, 1.165) is 18.5 Å². The van der Waals surface area contributed by atoms with Gasteiger partial charge in [-0.1, -0.05) is 36.7 Å². The lowest BCUT2D eigenvalue weighted by Gasteiger charge is -2.35. The summed E-state index contributed by atoms with van der Waals surface area (Å²) in [5.41, 5.74) is 1.67. The van der Waals surface area contributed by atoms with Crippen LogP contribution in [0.2, 0.25) is 19.0 Å². The fraction of sp³-hybridized carbons (Fsp3) is 0.667. The summed E-state index contributed by atoms with van der Waals surface area (Å²) in [4.78, 5) is 0. The first-order valence-electron chi connectivity index (χ1n) is 5.68. The maximum absolute atomic E-state index is 5.93. The van der Waals surface area contributed by atoms with Crippen LogP contribution in [0.4, 0.5) is 0 Å². The summed E-state index contributed by atoms with van der Waals surface area (Å²) in [6.45, 7) is 4.71. The maximum Gasteiger partial charge on any atom is 0.148 e. The third-order valence-electron chi connectivity index (χ3n) is 3.57. The van der Waals surface area contributed by atoms with Crippen LogP contribution in [0.15, 0.2) is 24.3 Å². The van der Waals surface area contributed by atoms with E-state index in [1.165, 1.54) is 31.8 Å². The molecule has 0 saturated carbocycles. The normalized spacial score (nSPS) is 31.2. The number of halogens is 1. The Labute approximate surface area is 92.5 Å². The van der Waals surface area contributed by atoms with Gasteiger partial charge in [0.15, 0.2) is 0 Å². The number of alkyl halides is 1. The summed E-state index contributed by atoms with van der Waals surface area (Å²) in [7, 11) is 0. The van der Waals surface area contributed by atoms with Gasteiger partial charge in [0.25, 0.3) is 0 Å². The fourth-order valence-corrected chi connectivity index (χ4v) is 3.35. The van der Waals surface area contributed by atoms with E-state index in [-0.39, 0.29) is 0 Å². The minimum absolute atomic E-state index is 0.662. The highest BCUT2D eigenvalue weighted by molar-refractivity contribution is 6.60. The first-order valence-corrected chi connectivity index (χ1v) is 6.21. The Hall–Kier alpha value is -0.165. The molecule has 0 N–H and O–H groups in total. The zero-order valence-corrected chi connectivity index (χ0v) is 9.47. The van der Waals surface area contributed by atoms with Crippen molar-refractivity contribution in [2.24, 2.45) is 11.8 Å². The molecule has 1 fully saturated rings. The summed E-state index contributed by atoms with van der Waals surface area (Å²) >= 11 is 5.93. The van der Waals surface area contributed by atoms with Crippen molar-refractivity contribution in [3.05, 3.63) is 24.3 Å². The molecule has 0 radical (unpaired) electrons. The van der Waals surface area contributed by atoms with Crippen molar-refractivity contribution >= 4 is 18.3 Å². The van der Waals surface area contributed by atoms with Crippen LogP contribution in [0.1, 0.15) is 12.8 Å². The topological polar surface area (TPSA) is 0 Å². The van der Waals surface area contributed by atoms with Crippen molar-refractivity contribution in [3.8, 4) is 0 Å². The summed E-state index contributed by atoms with van der Waals surface area (Å²) in [6.07, 6.45) is 11.1. The molecule has 14 heavy (non-hydrogen) atoms. The molecule has 0 spiro atoms. The van der Waals surface area contributed by atoms with E-state index >= 15 is 0 Å². The predicted octanol–water partition coefficient (Wildman–Crippen LogP) is 3.87. The number of rotatable bonds is 3. The molecule has 76 valence electrons. The predicted molar refractivity (Wildman–Crippen MR) is 65.4 cm³/mol. The van der Waals surface area contributed by atoms with E-state index in [1.54, 1.807) is 5.57 Å². The SMILES string of the molecule is C=CCB1CC2=CC(CCl)CC(C1)C2. The Morgan fingerprint density at radius 1 is 1.64 bits per heavy atom. The van der Waals surface area contributed by atoms with E-state index < -0.39 is 0 Å². The zero-order valence-electron chi connectivity index (χ0n) is 8.71. The minimum Gasteiger partial charge on any atom is -0.126 e. The van der Waals surface area contributed by atoms with Gasteiger partial charge in [-0.3, -0.25) is 0 Å². The molecule has 1 saturated heterocycles. The van der Waals surface area contributed by atoms with Crippen LogP contribution in [-0.2, 0) is 0 Å². The molecule has 0 aromatic heterocycles. The second-order valence-electron chi connectivity index (χ2n) is 4.88. The van der Waals surface area contributed by atoms with Crippen LogP contribution in [0, 0.1) is 11.8 Å². The average molecular weight is 209 g/mol. The van der Waals surface area contributed by atoms with Gasteiger partial charge in [0, 0.05) is 5.88 Å². The van der Waals surface area contributed by atoms with Gasteiger partial charge in [0.05, 0.1) is 0 Å². The Balaban J connectivity index is 2.03. The molecule has 2 bridgehead atoms. The lowest BCUT2D eigenvalue weighted by atomic mass is 9.36.